The molecule has 0 radical (unpaired) electrons. The molecule has 1 aliphatic rings. The van der Waals surface area contributed by atoms with Gasteiger partial charge in [0.1, 0.15) is 6.04 Å². The monoisotopic (exact) mass is 158 g/mol. The Morgan fingerprint density at radius 1 is 1.73 bits per heavy atom. The van der Waals surface area contributed by atoms with Crippen molar-refractivity contribution in [2.75, 3.05) is 13.1 Å². The van der Waals surface area contributed by atoms with E-state index in [2.05, 4.69) is 5.32 Å². The van der Waals surface area contributed by atoms with E-state index < -0.39 is 12.0 Å². The van der Waals surface area contributed by atoms with Crippen LogP contribution in [-0.2, 0) is 4.79 Å². The Labute approximate surface area is 65.8 Å². The molecule has 2 atom stereocenters. The van der Waals surface area contributed by atoms with E-state index in [0.717, 1.165) is 25.9 Å². The van der Waals surface area contributed by atoms with E-state index in [0.29, 0.717) is 0 Å². The molecule has 1 saturated heterocycles. The number of carboxylic acids is 1. The number of aliphatic carboxylic acids is 1. The lowest BCUT2D eigenvalue weighted by molar-refractivity contribution is -0.140. The number of piperidine rings is 1. The largest absolute Gasteiger partial charge is 0.480 e. The zero-order valence-electron chi connectivity index (χ0n) is 6.42. The molecule has 0 amide bonds. The third kappa shape index (κ3) is 2.17. The quantitative estimate of drug-likeness (QED) is 0.501. The summed E-state index contributed by atoms with van der Waals surface area (Å²) < 4.78 is 0. The zero-order chi connectivity index (χ0) is 8.27. The van der Waals surface area contributed by atoms with Crippen molar-refractivity contribution in [2.45, 2.75) is 18.9 Å². The van der Waals surface area contributed by atoms with Gasteiger partial charge in [-0.3, -0.25) is 4.79 Å². The number of carbonyl (C=O) groups is 1. The van der Waals surface area contributed by atoms with Crippen LogP contribution in [0.2, 0.25) is 0 Å². The molecule has 0 aromatic carbocycles. The molecule has 4 heteroatoms. The number of hydrogen-bond donors (Lipinski definition) is 3. The average molecular weight is 158 g/mol. The molecule has 1 fully saturated rings. The molecular formula is C7H14N2O2. The number of carboxylic acid groups (broad SMARTS) is 1. The first-order chi connectivity index (χ1) is 5.22. The second-order valence-corrected chi connectivity index (χ2v) is 2.97. The topological polar surface area (TPSA) is 75.4 Å². The Hall–Kier alpha value is -0.610. The minimum atomic E-state index is -0.890. The molecule has 4 N–H and O–H groups in total. The highest BCUT2D eigenvalue weighted by molar-refractivity contribution is 5.73. The van der Waals surface area contributed by atoms with Crippen LogP contribution < -0.4 is 11.1 Å². The molecule has 1 heterocycles. The smallest absolute Gasteiger partial charge is 0.320 e. The highest BCUT2D eigenvalue weighted by Crippen LogP contribution is 2.12. The van der Waals surface area contributed by atoms with Gasteiger partial charge < -0.3 is 16.2 Å². The van der Waals surface area contributed by atoms with E-state index >= 15 is 0 Å². The highest BCUT2D eigenvalue weighted by Gasteiger charge is 2.25. The van der Waals surface area contributed by atoms with Crippen molar-refractivity contribution in [3.63, 3.8) is 0 Å². The van der Waals surface area contributed by atoms with Gasteiger partial charge in [-0.1, -0.05) is 0 Å². The van der Waals surface area contributed by atoms with Crippen LogP contribution in [0.15, 0.2) is 0 Å². The van der Waals surface area contributed by atoms with Gasteiger partial charge in [-0.15, -0.1) is 0 Å². The van der Waals surface area contributed by atoms with E-state index in [1.807, 2.05) is 0 Å². The molecular weight excluding hydrogens is 144 g/mol. The first kappa shape index (κ1) is 8.49. The summed E-state index contributed by atoms with van der Waals surface area (Å²) in [5.74, 6) is -0.778. The van der Waals surface area contributed by atoms with Crippen molar-refractivity contribution in [3.8, 4) is 0 Å². The Bertz CT molecular complexity index is 143. The number of rotatable bonds is 2. The molecule has 1 unspecified atom stereocenters. The molecule has 0 aliphatic carbocycles. The van der Waals surface area contributed by atoms with Gasteiger partial charge in [0, 0.05) is 6.54 Å². The molecule has 0 aromatic rings. The van der Waals surface area contributed by atoms with Gasteiger partial charge in [0.25, 0.3) is 0 Å². The molecule has 0 saturated carbocycles. The van der Waals surface area contributed by atoms with E-state index in [-0.39, 0.29) is 5.92 Å². The van der Waals surface area contributed by atoms with Crippen molar-refractivity contribution in [1.82, 2.24) is 5.32 Å². The number of nitrogens with one attached hydrogen (secondary N) is 1. The first-order valence-electron chi connectivity index (χ1n) is 3.91. The van der Waals surface area contributed by atoms with Crippen molar-refractivity contribution in [2.24, 2.45) is 11.7 Å². The second kappa shape index (κ2) is 3.69. The fourth-order valence-corrected chi connectivity index (χ4v) is 1.39. The zero-order valence-corrected chi connectivity index (χ0v) is 6.42. The van der Waals surface area contributed by atoms with Crippen LogP contribution >= 0.6 is 0 Å². The summed E-state index contributed by atoms with van der Waals surface area (Å²) in [6.07, 6.45) is 1.96. The Balaban J connectivity index is 2.38. The lowest BCUT2D eigenvalue weighted by Gasteiger charge is -2.25. The van der Waals surface area contributed by atoms with E-state index in [1.54, 1.807) is 0 Å². The van der Waals surface area contributed by atoms with Gasteiger partial charge in [-0.25, -0.2) is 0 Å². The number of nitrogens with two attached hydrogens (primary N) is 1. The van der Waals surface area contributed by atoms with Crippen LogP contribution in [0.1, 0.15) is 12.8 Å². The van der Waals surface area contributed by atoms with Crippen LogP contribution in [0.4, 0.5) is 0 Å². The van der Waals surface area contributed by atoms with Crippen LogP contribution in [0.3, 0.4) is 0 Å². The summed E-state index contributed by atoms with van der Waals surface area (Å²) in [6.45, 7) is 1.73. The van der Waals surface area contributed by atoms with E-state index in [1.165, 1.54) is 0 Å². The highest BCUT2D eigenvalue weighted by atomic mass is 16.4. The maximum absolute atomic E-state index is 10.4. The van der Waals surface area contributed by atoms with Gasteiger partial charge in [0.15, 0.2) is 0 Å². The summed E-state index contributed by atoms with van der Waals surface area (Å²) in [4.78, 5) is 10.4. The summed E-state index contributed by atoms with van der Waals surface area (Å²) in [7, 11) is 0. The summed E-state index contributed by atoms with van der Waals surface area (Å²) >= 11 is 0. The maximum atomic E-state index is 10.4. The van der Waals surface area contributed by atoms with Crippen LogP contribution in [0.25, 0.3) is 0 Å². The molecule has 11 heavy (non-hydrogen) atoms. The van der Waals surface area contributed by atoms with Crippen molar-refractivity contribution in [3.05, 3.63) is 0 Å². The predicted molar refractivity (Wildman–Crippen MR) is 41.2 cm³/mol. The van der Waals surface area contributed by atoms with Crippen molar-refractivity contribution < 1.29 is 9.90 Å². The van der Waals surface area contributed by atoms with Gasteiger partial charge in [0.05, 0.1) is 0 Å². The van der Waals surface area contributed by atoms with Crippen molar-refractivity contribution >= 4 is 5.97 Å². The third-order valence-electron chi connectivity index (χ3n) is 2.13. The maximum Gasteiger partial charge on any atom is 0.320 e. The summed E-state index contributed by atoms with van der Waals surface area (Å²) in [6, 6.07) is -0.692. The second-order valence-electron chi connectivity index (χ2n) is 2.97. The van der Waals surface area contributed by atoms with E-state index in [9.17, 15) is 4.79 Å². The molecule has 0 spiro atoms. The van der Waals surface area contributed by atoms with E-state index in [4.69, 9.17) is 10.8 Å². The number of hydrogen-bond acceptors (Lipinski definition) is 3. The lowest BCUT2D eigenvalue weighted by atomic mass is 9.92. The summed E-state index contributed by atoms with van der Waals surface area (Å²) in [5.41, 5.74) is 5.45. The minimum absolute atomic E-state index is 0.112. The fourth-order valence-electron chi connectivity index (χ4n) is 1.39. The Morgan fingerprint density at radius 3 is 2.91 bits per heavy atom. The lowest BCUT2D eigenvalue weighted by Crippen LogP contribution is -2.45. The molecule has 1 aliphatic heterocycles. The average Bonchev–Trinajstić information content (AvgIpc) is 2.05. The van der Waals surface area contributed by atoms with Crippen molar-refractivity contribution in [1.29, 1.82) is 0 Å². The molecule has 4 nitrogen and oxygen atoms in total. The molecule has 1 rings (SSSR count). The summed E-state index contributed by atoms with van der Waals surface area (Å²) in [5, 5.41) is 11.7. The fraction of sp³-hybridized carbons (Fsp3) is 0.857. The predicted octanol–water partition coefficient (Wildman–Crippen LogP) is -0.602. The first-order valence-corrected chi connectivity index (χ1v) is 3.91. The van der Waals surface area contributed by atoms with Gasteiger partial charge >= 0.3 is 5.97 Å². The Morgan fingerprint density at radius 2 is 2.45 bits per heavy atom. The van der Waals surface area contributed by atoms with Crippen LogP contribution in [0, 0.1) is 5.92 Å². The van der Waals surface area contributed by atoms with Gasteiger partial charge in [-0.2, -0.15) is 0 Å². The third-order valence-corrected chi connectivity index (χ3v) is 2.13. The minimum Gasteiger partial charge on any atom is -0.480 e. The molecule has 0 aromatic heterocycles. The standard InChI is InChI=1S/C7H14N2O2/c8-6(7(10)11)5-2-1-3-9-4-5/h5-6,9H,1-4,8H2,(H,10,11)/t5-,6?/m1/s1. The molecule has 0 bridgehead atoms. The SMILES string of the molecule is NC(C(=O)O)[C@@H]1CCCNC1. The van der Waals surface area contributed by atoms with Gasteiger partial charge in [-0.05, 0) is 25.3 Å². The van der Waals surface area contributed by atoms with Crippen LogP contribution in [-0.4, -0.2) is 30.2 Å². The normalized spacial score (nSPS) is 27.9. The molecule has 64 valence electrons. The van der Waals surface area contributed by atoms with Crippen LogP contribution in [0.5, 0.6) is 0 Å². The van der Waals surface area contributed by atoms with Gasteiger partial charge in [0.2, 0.25) is 0 Å². The Kier molecular flexibility index (Phi) is 2.84.